The van der Waals surface area contributed by atoms with Crippen LogP contribution in [-0.2, 0) is 0 Å². The molecule has 2 atom stereocenters. The van der Waals surface area contributed by atoms with Crippen molar-refractivity contribution in [1.29, 1.82) is 0 Å². The molecule has 1 aliphatic rings. The molecule has 1 aromatic carbocycles. The molecule has 2 unspecified atom stereocenters. The Labute approximate surface area is 122 Å². The Morgan fingerprint density at radius 1 is 1.47 bits per heavy atom. The molecule has 0 saturated carbocycles. The van der Waals surface area contributed by atoms with Gasteiger partial charge in [-0.15, -0.1) is 0 Å². The van der Waals surface area contributed by atoms with Crippen molar-refractivity contribution in [3.05, 3.63) is 41.9 Å². The third-order valence-corrected chi connectivity index (χ3v) is 4.97. The summed E-state index contributed by atoms with van der Waals surface area (Å²) in [5.41, 5.74) is 2.05. The Bertz CT molecular complexity index is 556. The number of halogens is 1. The number of para-hydroxylation sites is 1. The van der Waals surface area contributed by atoms with Gasteiger partial charge in [0.1, 0.15) is 0 Å². The van der Waals surface area contributed by atoms with E-state index in [0.717, 1.165) is 27.4 Å². The minimum absolute atomic E-state index is 0.515. The van der Waals surface area contributed by atoms with E-state index in [-0.39, 0.29) is 0 Å². The standard InChI is InChI=1S/C14H16ClN3S/c1-10-7-11(8-19-10)17-13-4-2-3-12(15)14(13)18-6-5-16-9-18/h2-6,9-11,17H,7-8H2,1H3. The smallest absolute Gasteiger partial charge is 0.0992 e. The number of nitrogens with zero attached hydrogens (tertiary/aromatic N) is 2. The number of anilines is 1. The van der Waals surface area contributed by atoms with Crippen molar-refractivity contribution in [2.75, 3.05) is 11.1 Å². The second-order valence-corrected chi connectivity index (χ2v) is 6.71. The van der Waals surface area contributed by atoms with E-state index in [1.54, 1.807) is 12.5 Å². The Kier molecular flexibility index (Phi) is 3.71. The van der Waals surface area contributed by atoms with Crippen LogP contribution in [0.15, 0.2) is 36.9 Å². The van der Waals surface area contributed by atoms with Crippen LogP contribution < -0.4 is 5.32 Å². The molecule has 1 aliphatic heterocycles. The van der Waals surface area contributed by atoms with Crippen LogP contribution in [0.2, 0.25) is 5.02 Å². The second-order valence-electron chi connectivity index (χ2n) is 4.83. The maximum absolute atomic E-state index is 6.34. The molecule has 3 nitrogen and oxygen atoms in total. The van der Waals surface area contributed by atoms with Crippen molar-refractivity contribution in [3.8, 4) is 5.69 Å². The molecule has 100 valence electrons. The van der Waals surface area contributed by atoms with Crippen molar-refractivity contribution >= 4 is 29.1 Å². The highest BCUT2D eigenvalue weighted by Crippen LogP contribution is 2.33. The molecule has 0 amide bonds. The summed E-state index contributed by atoms with van der Waals surface area (Å²) in [6.07, 6.45) is 6.65. The zero-order valence-electron chi connectivity index (χ0n) is 10.7. The van der Waals surface area contributed by atoms with Gasteiger partial charge in [-0.05, 0) is 18.6 Å². The van der Waals surface area contributed by atoms with Crippen molar-refractivity contribution < 1.29 is 0 Å². The fraction of sp³-hybridized carbons (Fsp3) is 0.357. The van der Waals surface area contributed by atoms with Gasteiger partial charge in [-0.2, -0.15) is 11.8 Å². The number of nitrogens with one attached hydrogen (secondary N) is 1. The van der Waals surface area contributed by atoms with Crippen molar-refractivity contribution in [3.63, 3.8) is 0 Å². The van der Waals surface area contributed by atoms with E-state index < -0.39 is 0 Å². The van der Waals surface area contributed by atoms with Crippen LogP contribution in [0.5, 0.6) is 0 Å². The van der Waals surface area contributed by atoms with Gasteiger partial charge < -0.3 is 9.88 Å². The summed E-state index contributed by atoms with van der Waals surface area (Å²) in [6, 6.07) is 6.49. The molecule has 1 aromatic heterocycles. The summed E-state index contributed by atoms with van der Waals surface area (Å²) in [7, 11) is 0. The molecule has 1 saturated heterocycles. The number of benzene rings is 1. The van der Waals surface area contributed by atoms with E-state index in [1.807, 2.05) is 34.7 Å². The molecule has 3 rings (SSSR count). The molecule has 1 N–H and O–H groups in total. The maximum atomic E-state index is 6.34. The zero-order chi connectivity index (χ0) is 13.2. The Balaban J connectivity index is 1.91. The molecule has 0 radical (unpaired) electrons. The zero-order valence-corrected chi connectivity index (χ0v) is 12.3. The van der Waals surface area contributed by atoms with Crippen LogP contribution in [0.25, 0.3) is 5.69 Å². The highest BCUT2D eigenvalue weighted by atomic mass is 35.5. The van der Waals surface area contributed by atoms with Crippen LogP contribution in [0, 0.1) is 0 Å². The van der Waals surface area contributed by atoms with E-state index in [0.29, 0.717) is 6.04 Å². The highest BCUT2D eigenvalue weighted by Gasteiger charge is 2.22. The second kappa shape index (κ2) is 5.47. The van der Waals surface area contributed by atoms with Gasteiger partial charge in [-0.3, -0.25) is 0 Å². The average molecular weight is 294 g/mol. The molecule has 2 heterocycles. The van der Waals surface area contributed by atoms with Gasteiger partial charge in [0, 0.05) is 29.4 Å². The molecule has 2 aromatic rings. The Morgan fingerprint density at radius 3 is 3.05 bits per heavy atom. The molecule has 0 aliphatic carbocycles. The maximum Gasteiger partial charge on any atom is 0.0992 e. The summed E-state index contributed by atoms with van der Waals surface area (Å²) in [4.78, 5) is 4.10. The molecule has 1 fully saturated rings. The lowest BCUT2D eigenvalue weighted by atomic mass is 10.1. The predicted octanol–water partition coefficient (Wildman–Crippen LogP) is 3.83. The summed E-state index contributed by atoms with van der Waals surface area (Å²) < 4.78 is 1.95. The van der Waals surface area contributed by atoms with Crippen molar-refractivity contribution in [2.24, 2.45) is 0 Å². The van der Waals surface area contributed by atoms with Crippen LogP contribution in [0.3, 0.4) is 0 Å². The van der Waals surface area contributed by atoms with Crippen LogP contribution in [0.1, 0.15) is 13.3 Å². The van der Waals surface area contributed by atoms with Crippen LogP contribution in [0.4, 0.5) is 5.69 Å². The fourth-order valence-corrected chi connectivity index (χ4v) is 3.84. The Morgan fingerprint density at radius 2 is 2.37 bits per heavy atom. The summed E-state index contributed by atoms with van der Waals surface area (Å²) >= 11 is 8.36. The molecular weight excluding hydrogens is 278 g/mol. The predicted molar refractivity (Wildman–Crippen MR) is 82.5 cm³/mol. The summed E-state index contributed by atoms with van der Waals surface area (Å²) in [5, 5.41) is 5.08. The first kappa shape index (κ1) is 12.9. The normalized spacial score (nSPS) is 22.6. The Hall–Kier alpha value is -1.13. The van der Waals surface area contributed by atoms with E-state index in [1.165, 1.54) is 6.42 Å². The first-order chi connectivity index (χ1) is 9.24. The molecule has 0 bridgehead atoms. The van der Waals surface area contributed by atoms with E-state index in [2.05, 4.69) is 23.3 Å². The fourth-order valence-electron chi connectivity index (χ4n) is 2.42. The number of aromatic nitrogens is 2. The minimum atomic E-state index is 0.515. The van der Waals surface area contributed by atoms with Crippen molar-refractivity contribution in [2.45, 2.75) is 24.6 Å². The largest absolute Gasteiger partial charge is 0.380 e. The van der Waals surface area contributed by atoms with Gasteiger partial charge in [0.25, 0.3) is 0 Å². The van der Waals surface area contributed by atoms with Gasteiger partial charge in [-0.25, -0.2) is 4.98 Å². The lowest BCUT2D eigenvalue weighted by molar-refractivity contribution is 0.746. The van der Waals surface area contributed by atoms with E-state index >= 15 is 0 Å². The minimum Gasteiger partial charge on any atom is -0.380 e. The third-order valence-electron chi connectivity index (χ3n) is 3.31. The monoisotopic (exact) mass is 293 g/mol. The molecule has 0 spiro atoms. The highest BCUT2D eigenvalue weighted by molar-refractivity contribution is 8.00. The first-order valence-corrected chi connectivity index (χ1v) is 7.81. The average Bonchev–Trinajstić information content (AvgIpc) is 3.01. The number of hydrogen-bond donors (Lipinski definition) is 1. The van der Waals surface area contributed by atoms with E-state index in [9.17, 15) is 0 Å². The number of hydrogen-bond acceptors (Lipinski definition) is 3. The van der Waals surface area contributed by atoms with Crippen LogP contribution in [-0.4, -0.2) is 26.6 Å². The molecule has 19 heavy (non-hydrogen) atoms. The van der Waals surface area contributed by atoms with Crippen molar-refractivity contribution in [1.82, 2.24) is 9.55 Å². The quantitative estimate of drug-likeness (QED) is 0.933. The lowest BCUT2D eigenvalue weighted by Crippen LogP contribution is -2.20. The van der Waals surface area contributed by atoms with Gasteiger partial charge in [0.15, 0.2) is 0 Å². The number of thioether (sulfide) groups is 1. The summed E-state index contributed by atoms with van der Waals surface area (Å²) in [6.45, 7) is 2.28. The van der Waals surface area contributed by atoms with Gasteiger partial charge >= 0.3 is 0 Å². The van der Waals surface area contributed by atoms with Gasteiger partial charge in [0.2, 0.25) is 0 Å². The van der Waals surface area contributed by atoms with E-state index in [4.69, 9.17) is 11.6 Å². The molecule has 5 heteroatoms. The first-order valence-electron chi connectivity index (χ1n) is 6.39. The number of imidazole rings is 1. The third kappa shape index (κ3) is 2.74. The number of rotatable bonds is 3. The van der Waals surface area contributed by atoms with Gasteiger partial charge in [0.05, 0.1) is 22.7 Å². The summed E-state index contributed by atoms with van der Waals surface area (Å²) in [5.74, 6) is 1.15. The van der Waals surface area contributed by atoms with Gasteiger partial charge in [-0.1, -0.05) is 24.6 Å². The molecular formula is C14H16ClN3S. The SMILES string of the molecule is CC1CC(Nc2cccc(Cl)c2-n2ccnc2)CS1. The topological polar surface area (TPSA) is 29.9 Å². The van der Waals surface area contributed by atoms with Crippen LogP contribution >= 0.6 is 23.4 Å². The lowest BCUT2D eigenvalue weighted by Gasteiger charge is -2.18.